The normalized spacial score (nSPS) is 15.7. The Balaban J connectivity index is 2.76. The van der Waals surface area contributed by atoms with Crippen molar-refractivity contribution in [2.45, 2.75) is 193 Å². The van der Waals surface area contributed by atoms with Crippen LogP contribution < -0.4 is 46.7 Å². The summed E-state index contributed by atoms with van der Waals surface area (Å²) in [5, 5.41) is 15.6. The topological polar surface area (TPSA) is 0 Å². The number of rotatable bonds is 10. The quantitative estimate of drug-likeness (QED) is 0.141. The van der Waals surface area contributed by atoms with Gasteiger partial charge in [0.2, 0.25) is 0 Å². The fraction of sp³-hybridized carbons (Fsp3) is 0.569. The van der Waals surface area contributed by atoms with Crippen LogP contribution in [0.5, 0.6) is 0 Å². The molecule has 0 fully saturated rings. The van der Waals surface area contributed by atoms with Crippen LogP contribution in [-0.2, 0) is 0 Å². The largest absolute Gasteiger partial charge is 0.160 e. The molecular weight excluding hydrogens is 809 g/mol. The van der Waals surface area contributed by atoms with Gasteiger partial charge in [-0.3, -0.25) is 0 Å². The number of hydrogen-bond donors (Lipinski definition) is 0. The molecule has 0 radical (unpaired) electrons. The highest BCUT2D eigenvalue weighted by Gasteiger charge is 2.55. The minimum absolute atomic E-state index is 0.355. The van der Waals surface area contributed by atoms with Crippen LogP contribution in [-0.4, -0.2) is 56.5 Å². The molecule has 0 aromatic heterocycles. The van der Waals surface area contributed by atoms with Gasteiger partial charge in [0.05, 0.1) is 48.4 Å². The van der Waals surface area contributed by atoms with Gasteiger partial charge in [0.1, 0.15) is 0 Å². The molecule has 0 saturated carbocycles. The van der Waals surface area contributed by atoms with Gasteiger partial charge in [-0.2, -0.15) is 0 Å². The maximum atomic E-state index is 2.92. The maximum Gasteiger partial charge on any atom is 0.160 e. The maximum absolute atomic E-state index is 3.05. The van der Waals surface area contributed by atoms with Crippen molar-refractivity contribution < 1.29 is 0 Å². The second-order valence-corrected chi connectivity index (χ2v) is 59.1. The van der Waals surface area contributed by atoms with E-state index in [0.29, 0.717) is 5.54 Å². The van der Waals surface area contributed by atoms with Crippen LogP contribution in [0.2, 0.25) is 123 Å². The number of hydrogen-bond acceptors (Lipinski definition) is 0. The molecule has 7 heteroatoms. The zero-order valence-corrected chi connectivity index (χ0v) is 50.3. The molecule has 0 amide bonds. The van der Waals surface area contributed by atoms with Crippen molar-refractivity contribution in [1.29, 1.82) is 0 Å². The van der Waals surface area contributed by atoms with Crippen molar-refractivity contribution in [3.05, 3.63) is 73.9 Å². The Labute approximate surface area is 367 Å². The summed E-state index contributed by atoms with van der Waals surface area (Å²) in [6.07, 6.45) is 0. The van der Waals surface area contributed by atoms with Crippen molar-refractivity contribution in [2.75, 3.05) is 0 Å². The molecule has 1 aliphatic rings. The molecule has 0 N–H and O–H groups in total. The van der Waals surface area contributed by atoms with E-state index in [-0.39, 0.29) is 0 Å². The molecule has 0 saturated heterocycles. The molecule has 3 aromatic rings. The van der Waals surface area contributed by atoms with E-state index >= 15 is 0 Å². The first-order chi connectivity index (χ1) is 25.8. The third-order valence-corrected chi connectivity index (χ3v) is 33.5. The summed E-state index contributed by atoms with van der Waals surface area (Å²) in [5.41, 5.74) is 16.5. The average molecular weight is 898 g/mol. The van der Waals surface area contributed by atoms with Crippen molar-refractivity contribution in [2.24, 2.45) is 0 Å². The molecular formula is C51H88Si7. The first-order valence-corrected chi connectivity index (χ1v) is 45.7. The van der Waals surface area contributed by atoms with Crippen LogP contribution in [0.15, 0.2) is 40.5 Å². The molecule has 0 nitrogen and oxygen atoms in total. The zero-order chi connectivity index (χ0) is 45.2. The lowest BCUT2D eigenvalue weighted by Crippen LogP contribution is -2.76. The van der Waals surface area contributed by atoms with Crippen LogP contribution in [0.4, 0.5) is 0 Å². The molecule has 320 valence electrons. The summed E-state index contributed by atoms with van der Waals surface area (Å²) in [5.74, 6) is 0. The minimum Gasteiger partial charge on any atom is -0.0656 e. The minimum atomic E-state index is -3.05. The molecule has 0 heterocycles. The van der Waals surface area contributed by atoms with Gasteiger partial charge in [0.25, 0.3) is 0 Å². The van der Waals surface area contributed by atoms with Gasteiger partial charge < -0.3 is 0 Å². The van der Waals surface area contributed by atoms with Gasteiger partial charge in [-0.05, 0) is 95.9 Å². The predicted molar refractivity (Wildman–Crippen MR) is 291 cm³/mol. The van der Waals surface area contributed by atoms with E-state index in [1.54, 1.807) is 102 Å². The second-order valence-electron chi connectivity index (χ2n) is 25.1. The van der Waals surface area contributed by atoms with Crippen LogP contribution in [0.25, 0.3) is 0 Å². The SMILES string of the molecule is CC1=C(C)C([Si](c2cc([Si](C)(C)C)c(C)c([Si](C)(C)C)c2C)(c2cc([Si](C)(C)C)c(C)c([Si](C)(C)C)c2C)c2cc([Si](C)(C)C)c(C)c([Si](C)(C)C)c2C)C(C)=C1C. The third-order valence-electron chi connectivity index (χ3n) is 14.5. The Bertz CT molecular complexity index is 1990. The first kappa shape index (κ1) is 49.3. The summed E-state index contributed by atoms with van der Waals surface area (Å²) in [6, 6.07) is 8.75. The van der Waals surface area contributed by atoms with Gasteiger partial charge in [-0.15, -0.1) is 0 Å². The van der Waals surface area contributed by atoms with E-state index in [0.717, 1.165) is 0 Å². The van der Waals surface area contributed by atoms with Crippen molar-refractivity contribution in [1.82, 2.24) is 0 Å². The van der Waals surface area contributed by atoms with E-state index in [1.807, 2.05) is 0 Å². The number of benzene rings is 3. The molecule has 4 rings (SSSR count). The molecule has 0 atom stereocenters. The van der Waals surface area contributed by atoms with Crippen molar-refractivity contribution in [3.8, 4) is 0 Å². The molecule has 0 spiro atoms. The van der Waals surface area contributed by atoms with Crippen LogP contribution in [0.3, 0.4) is 0 Å². The standard InChI is InChI=1S/C51H88Si7/c1-32-33(2)35(4)51(34(32)3)58(45-29-42(52(11,12)13)36(5)48(39(45)8)55(20,21)22,46-30-43(53(14,15)16)37(6)49(40(46)9)56(23,24)25)47-31-44(54(17,18)19)38(7)50(41(47)10)57(26,27)28/h29-31,51H,1-28H3. The van der Waals surface area contributed by atoms with Crippen LogP contribution in [0, 0.1) is 41.5 Å². The zero-order valence-electron chi connectivity index (χ0n) is 43.3. The fourth-order valence-electron chi connectivity index (χ4n) is 12.6. The fourth-order valence-corrected chi connectivity index (χ4v) is 33.6. The van der Waals surface area contributed by atoms with E-state index in [9.17, 15) is 0 Å². The Morgan fingerprint density at radius 3 is 0.638 bits per heavy atom. The Kier molecular flexibility index (Phi) is 13.2. The lowest BCUT2D eigenvalue weighted by atomic mass is 10.1. The third kappa shape index (κ3) is 8.19. The van der Waals surface area contributed by atoms with E-state index in [2.05, 4.69) is 205 Å². The highest BCUT2D eigenvalue weighted by molar-refractivity contribution is 7.15. The summed E-state index contributed by atoms with van der Waals surface area (Å²) in [4.78, 5) is 0. The summed E-state index contributed by atoms with van der Waals surface area (Å²) in [6.45, 7) is 72.8. The number of allylic oxidation sites excluding steroid dienone is 4. The van der Waals surface area contributed by atoms with E-state index in [4.69, 9.17) is 0 Å². The lowest BCUT2D eigenvalue weighted by molar-refractivity contribution is 1.09. The van der Waals surface area contributed by atoms with Gasteiger partial charge in [-0.1, -0.05) is 212 Å². The summed E-state index contributed by atoms with van der Waals surface area (Å²) in [7, 11) is -13.8. The molecule has 58 heavy (non-hydrogen) atoms. The predicted octanol–water partition coefficient (Wildman–Crippen LogP) is 10.3. The van der Waals surface area contributed by atoms with Crippen LogP contribution in [0.1, 0.15) is 61.1 Å². The molecule has 1 aliphatic carbocycles. The van der Waals surface area contributed by atoms with E-state index < -0.39 is 56.5 Å². The Morgan fingerprint density at radius 2 is 0.466 bits per heavy atom. The monoisotopic (exact) mass is 897 g/mol. The van der Waals surface area contributed by atoms with Gasteiger partial charge in [0.15, 0.2) is 8.07 Å². The molecule has 0 bridgehead atoms. The lowest BCUT2D eigenvalue weighted by Gasteiger charge is -2.48. The van der Waals surface area contributed by atoms with Gasteiger partial charge >= 0.3 is 0 Å². The molecule has 3 aromatic carbocycles. The second kappa shape index (κ2) is 15.5. The Morgan fingerprint density at radius 1 is 0.276 bits per heavy atom. The Hall–Kier alpha value is -1.34. The van der Waals surface area contributed by atoms with Crippen molar-refractivity contribution >= 4 is 103 Å². The highest BCUT2D eigenvalue weighted by Crippen LogP contribution is 2.47. The van der Waals surface area contributed by atoms with Crippen LogP contribution >= 0.6 is 0 Å². The smallest absolute Gasteiger partial charge is 0.0656 e. The average Bonchev–Trinajstić information content (AvgIpc) is 3.18. The van der Waals surface area contributed by atoms with Gasteiger partial charge in [-0.25, -0.2) is 0 Å². The van der Waals surface area contributed by atoms with Crippen molar-refractivity contribution in [3.63, 3.8) is 0 Å². The summed E-state index contributed by atoms with van der Waals surface area (Å²) < 4.78 is 0. The molecule has 0 unspecified atom stereocenters. The molecule has 0 aliphatic heterocycles. The van der Waals surface area contributed by atoms with Gasteiger partial charge in [0, 0.05) is 5.54 Å². The summed E-state index contributed by atoms with van der Waals surface area (Å²) >= 11 is 0. The van der Waals surface area contributed by atoms with E-state index in [1.165, 1.54) is 0 Å². The highest BCUT2D eigenvalue weighted by atomic mass is 28.3. The first-order valence-electron chi connectivity index (χ1n) is 22.6.